The fourth-order valence-electron chi connectivity index (χ4n) is 3.95. The van der Waals surface area contributed by atoms with Crippen LogP contribution in [0, 0.1) is 0 Å². The Hall–Kier alpha value is -2.96. The number of amides is 3. The van der Waals surface area contributed by atoms with Crippen molar-refractivity contribution in [1.82, 2.24) is 4.90 Å². The third-order valence-electron chi connectivity index (χ3n) is 5.35. The quantitative estimate of drug-likeness (QED) is 0.863. The van der Waals surface area contributed by atoms with Crippen molar-refractivity contribution >= 4 is 23.3 Å². The number of furan rings is 1. The zero-order chi connectivity index (χ0) is 19.5. The van der Waals surface area contributed by atoms with Crippen molar-refractivity contribution in [1.29, 1.82) is 0 Å². The predicted octanol–water partition coefficient (Wildman–Crippen LogP) is 4.17. The van der Waals surface area contributed by atoms with Crippen LogP contribution in [0.5, 0.6) is 5.75 Å². The van der Waals surface area contributed by atoms with Gasteiger partial charge in [0.05, 0.1) is 18.0 Å². The van der Waals surface area contributed by atoms with Crippen LogP contribution in [0.25, 0.3) is 0 Å². The normalized spacial score (nSPS) is 19.6. The Morgan fingerprint density at radius 2 is 2.14 bits per heavy atom. The largest absolute Gasteiger partial charge is 0.482 e. The summed E-state index contributed by atoms with van der Waals surface area (Å²) in [5, 5.41) is 2.99. The summed E-state index contributed by atoms with van der Waals surface area (Å²) >= 11 is 0. The summed E-state index contributed by atoms with van der Waals surface area (Å²) in [7, 11) is 0. The minimum Gasteiger partial charge on any atom is -0.482 e. The van der Waals surface area contributed by atoms with Crippen molar-refractivity contribution in [3.05, 3.63) is 42.4 Å². The van der Waals surface area contributed by atoms with Gasteiger partial charge in [-0.05, 0) is 50.1 Å². The Morgan fingerprint density at radius 1 is 1.25 bits per heavy atom. The maximum atomic E-state index is 13.1. The van der Waals surface area contributed by atoms with Crippen LogP contribution in [0.4, 0.5) is 16.2 Å². The van der Waals surface area contributed by atoms with Gasteiger partial charge < -0.3 is 24.3 Å². The maximum absolute atomic E-state index is 13.1. The van der Waals surface area contributed by atoms with Crippen LogP contribution in [0.2, 0.25) is 0 Å². The molecule has 3 heterocycles. The molecule has 1 aromatic heterocycles. The van der Waals surface area contributed by atoms with Crippen LogP contribution in [-0.2, 0) is 4.79 Å². The Balaban J connectivity index is 1.55. The number of urea groups is 1. The fraction of sp³-hybridized carbons (Fsp3) is 0.429. The van der Waals surface area contributed by atoms with Gasteiger partial charge in [0, 0.05) is 18.8 Å². The molecule has 7 heteroatoms. The molecular formula is C21H25N3O4. The lowest BCUT2D eigenvalue weighted by Gasteiger charge is -2.30. The number of fused-ring (bicyclic) bond motifs is 1. The van der Waals surface area contributed by atoms with Crippen LogP contribution in [0.15, 0.2) is 41.0 Å². The Bertz CT molecular complexity index is 849. The van der Waals surface area contributed by atoms with Crippen LogP contribution in [-0.4, -0.2) is 36.5 Å². The molecule has 0 spiro atoms. The molecule has 28 heavy (non-hydrogen) atoms. The number of carbonyl (C=O) groups is 2. The second-order valence-corrected chi connectivity index (χ2v) is 7.11. The fourth-order valence-corrected chi connectivity index (χ4v) is 3.95. The number of nitrogens with one attached hydrogen (secondary N) is 1. The molecule has 148 valence electrons. The summed E-state index contributed by atoms with van der Waals surface area (Å²) in [6, 6.07) is 8.97. The SMILES string of the molecule is CCN1C(=O)COc2ccc(NC(=O)N3CCCCCC3c3ccco3)cc21. The molecule has 0 bridgehead atoms. The molecule has 1 atom stereocenters. The average Bonchev–Trinajstić information content (AvgIpc) is 3.12. The van der Waals surface area contributed by atoms with Gasteiger partial charge in [-0.15, -0.1) is 0 Å². The summed E-state index contributed by atoms with van der Waals surface area (Å²) in [6.07, 6.45) is 5.68. The molecule has 1 unspecified atom stereocenters. The zero-order valence-electron chi connectivity index (χ0n) is 16.0. The summed E-state index contributed by atoms with van der Waals surface area (Å²) in [4.78, 5) is 28.7. The van der Waals surface area contributed by atoms with Crippen molar-refractivity contribution < 1.29 is 18.7 Å². The van der Waals surface area contributed by atoms with E-state index in [-0.39, 0.29) is 24.6 Å². The van der Waals surface area contributed by atoms with Crippen LogP contribution in [0.1, 0.15) is 44.4 Å². The Morgan fingerprint density at radius 3 is 2.93 bits per heavy atom. The van der Waals surface area contributed by atoms with Crippen molar-refractivity contribution in [3.8, 4) is 5.75 Å². The van der Waals surface area contributed by atoms with Gasteiger partial charge in [0.15, 0.2) is 6.61 Å². The number of hydrogen-bond acceptors (Lipinski definition) is 4. The van der Waals surface area contributed by atoms with E-state index in [1.165, 1.54) is 0 Å². The van der Waals surface area contributed by atoms with E-state index >= 15 is 0 Å². The summed E-state index contributed by atoms with van der Waals surface area (Å²) in [5.74, 6) is 1.39. The number of hydrogen-bond donors (Lipinski definition) is 1. The Labute approximate surface area is 164 Å². The molecule has 0 radical (unpaired) electrons. The molecule has 0 saturated carbocycles. The minimum absolute atomic E-state index is 0.0468. The van der Waals surface area contributed by atoms with Gasteiger partial charge in [-0.25, -0.2) is 4.79 Å². The lowest BCUT2D eigenvalue weighted by Crippen LogP contribution is -2.39. The standard InChI is InChI=1S/C21H25N3O4/c1-2-23-17-13-15(9-10-19(17)28-14-20(23)25)22-21(26)24-11-5-3-4-7-16(24)18-8-6-12-27-18/h6,8-10,12-13,16H,2-5,7,11,14H2,1H3,(H,22,26). The molecule has 0 aliphatic carbocycles. The number of anilines is 2. The highest BCUT2D eigenvalue weighted by Gasteiger charge is 2.29. The molecule has 3 amide bonds. The molecule has 2 aromatic rings. The monoisotopic (exact) mass is 383 g/mol. The molecule has 2 aliphatic heterocycles. The van der Waals surface area contributed by atoms with E-state index in [4.69, 9.17) is 9.15 Å². The summed E-state index contributed by atoms with van der Waals surface area (Å²) in [5.41, 5.74) is 1.33. The molecule has 1 fully saturated rings. The zero-order valence-corrected chi connectivity index (χ0v) is 16.0. The van der Waals surface area contributed by atoms with Crippen molar-refractivity contribution in [2.75, 3.05) is 29.9 Å². The van der Waals surface area contributed by atoms with E-state index in [0.29, 0.717) is 30.2 Å². The number of benzene rings is 1. The molecule has 1 saturated heterocycles. The van der Waals surface area contributed by atoms with E-state index in [2.05, 4.69) is 5.32 Å². The predicted molar refractivity (Wildman–Crippen MR) is 106 cm³/mol. The van der Waals surface area contributed by atoms with Crippen molar-refractivity contribution in [3.63, 3.8) is 0 Å². The van der Waals surface area contributed by atoms with E-state index in [9.17, 15) is 9.59 Å². The third kappa shape index (κ3) is 3.56. The lowest BCUT2D eigenvalue weighted by atomic mass is 10.1. The molecule has 1 aromatic carbocycles. The van der Waals surface area contributed by atoms with E-state index in [0.717, 1.165) is 31.4 Å². The number of likely N-dealkylation sites (tertiary alicyclic amines) is 1. The first kappa shape index (κ1) is 18.4. The number of likely N-dealkylation sites (N-methyl/N-ethyl adjacent to an activating group) is 1. The number of carbonyl (C=O) groups excluding carboxylic acids is 2. The number of nitrogens with zero attached hydrogens (tertiary/aromatic N) is 2. The van der Waals surface area contributed by atoms with Crippen LogP contribution >= 0.6 is 0 Å². The first-order chi connectivity index (χ1) is 13.7. The molecular weight excluding hydrogens is 358 g/mol. The van der Waals surface area contributed by atoms with Crippen molar-refractivity contribution in [2.24, 2.45) is 0 Å². The van der Waals surface area contributed by atoms with E-state index < -0.39 is 0 Å². The highest BCUT2D eigenvalue weighted by Crippen LogP contribution is 2.35. The van der Waals surface area contributed by atoms with Gasteiger partial charge >= 0.3 is 6.03 Å². The molecule has 4 rings (SSSR count). The first-order valence-electron chi connectivity index (χ1n) is 9.85. The van der Waals surface area contributed by atoms with Gasteiger partial charge in [-0.2, -0.15) is 0 Å². The molecule has 1 N–H and O–H groups in total. The van der Waals surface area contributed by atoms with Crippen molar-refractivity contribution in [2.45, 2.75) is 38.6 Å². The third-order valence-corrected chi connectivity index (χ3v) is 5.35. The minimum atomic E-state index is -0.158. The van der Waals surface area contributed by atoms with Crippen LogP contribution < -0.4 is 15.0 Å². The number of rotatable bonds is 3. The van der Waals surface area contributed by atoms with Gasteiger partial charge in [0.2, 0.25) is 0 Å². The average molecular weight is 383 g/mol. The van der Waals surface area contributed by atoms with Gasteiger partial charge in [0.25, 0.3) is 5.91 Å². The van der Waals surface area contributed by atoms with Gasteiger partial charge in [-0.1, -0.05) is 12.8 Å². The second kappa shape index (κ2) is 7.96. The highest BCUT2D eigenvalue weighted by molar-refractivity contribution is 5.99. The molecule has 2 aliphatic rings. The first-order valence-corrected chi connectivity index (χ1v) is 9.85. The lowest BCUT2D eigenvalue weighted by molar-refractivity contribution is -0.121. The smallest absolute Gasteiger partial charge is 0.322 e. The van der Waals surface area contributed by atoms with Crippen LogP contribution in [0.3, 0.4) is 0 Å². The number of ether oxygens (including phenoxy) is 1. The van der Waals surface area contributed by atoms with Gasteiger partial charge in [-0.3, -0.25) is 4.79 Å². The Kier molecular flexibility index (Phi) is 5.23. The second-order valence-electron chi connectivity index (χ2n) is 7.11. The molecule has 7 nitrogen and oxygen atoms in total. The maximum Gasteiger partial charge on any atom is 0.322 e. The van der Waals surface area contributed by atoms with Gasteiger partial charge in [0.1, 0.15) is 11.5 Å². The van der Waals surface area contributed by atoms with E-state index in [1.54, 1.807) is 29.4 Å². The summed E-state index contributed by atoms with van der Waals surface area (Å²) in [6.45, 7) is 3.21. The summed E-state index contributed by atoms with van der Waals surface area (Å²) < 4.78 is 11.1. The van der Waals surface area contributed by atoms with E-state index in [1.807, 2.05) is 24.0 Å². The topological polar surface area (TPSA) is 75.0 Å². The highest BCUT2D eigenvalue weighted by atomic mass is 16.5.